The summed E-state index contributed by atoms with van der Waals surface area (Å²) >= 11 is 5.61. The highest BCUT2D eigenvalue weighted by molar-refractivity contribution is 6.63. The van der Waals surface area contributed by atoms with Crippen LogP contribution in [0.5, 0.6) is 0 Å². The molecule has 1 aromatic heterocycles. The second-order valence-corrected chi connectivity index (χ2v) is 2.97. The van der Waals surface area contributed by atoms with E-state index in [9.17, 15) is 0 Å². The molecule has 2 rings (SSSR count). The van der Waals surface area contributed by atoms with Gasteiger partial charge in [0, 0.05) is 13.2 Å². The average molecular weight is 198 g/mol. The lowest BCUT2D eigenvalue weighted by molar-refractivity contribution is -0.0561. The molecule has 0 aliphatic carbocycles. The zero-order chi connectivity index (χ0) is 9.26. The first-order chi connectivity index (χ1) is 6.27. The lowest BCUT2D eigenvalue weighted by atomic mass is 10.3. The monoisotopic (exact) mass is 197 g/mol. The molecule has 13 heavy (non-hydrogen) atoms. The topological polar surface area (TPSA) is 37.7 Å². The fourth-order valence-corrected chi connectivity index (χ4v) is 1.35. The maximum atomic E-state index is 5.61. The van der Waals surface area contributed by atoms with Crippen LogP contribution >= 0.6 is 11.6 Å². The van der Waals surface area contributed by atoms with Gasteiger partial charge in [-0.2, -0.15) is 0 Å². The van der Waals surface area contributed by atoms with Crippen LogP contribution in [0.25, 0.3) is 0 Å². The van der Waals surface area contributed by atoms with Gasteiger partial charge in [-0.25, -0.2) is 4.99 Å². The predicted octanol–water partition coefficient (Wildman–Crippen LogP) is 1.55. The summed E-state index contributed by atoms with van der Waals surface area (Å²) in [6.45, 7) is 0. The van der Waals surface area contributed by atoms with Gasteiger partial charge in [0.25, 0.3) is 0 Å². The van der Waals surface area contributed by atoms with Crippen LogP contribution in [0.1, 0.15) is 11.9 Å². The predicted molar refractivity (Wildman–Crippen MR) is 49.1 cm³/mol. The Labute approximate surface area is 80.8 Å². The van der Waals surface area contributed by atoms with Gasteiger partial charge in [0.1, 0.15) is 0 Å². The van der Waals surface area contributed by atoms with Crippen LogP contribution in [0.2, 0.25) is 0 Å². The van der Waals surface area contributed by atoms with Crippen LogP contribution in [0.4, 0.5) is 0 Å². The normalized spacial score (nSPS) is 22.6. The minimum Gasteiger partial charge on any atom is -0.371 e. The SMILES string of the molecule is CN1OC(Cl)=NC1c1ccccn1. The molecule has 1 atom stereocenters. The summed E-state index contributed by atoms with van der Waals surface area (Å²) in [5, 5.41) is 1.71. The van der Waals surface area contributed by atoms with Gasteiger partial charge in [-0.3, -0.25) is 4.98 Å². The Morgan fingerprint density at radius 1 is 1.54 bits per heavy atom. The lowest BCUT2D eigenvalue weighted by Crippen LogP contribution is -2.18. The number of nitrogens with zero attached hydrogens (tertiary/aromatic N) is 3. The van der Waals surface area contributed by atoms with Gasteiger partial charge in [0.05, 0.1) is 5.69 Å². The summed E-state index contributed by atoms with van der Waals surface area (Å²) in [6, 6.07) is 5.63. The van der Waals surface area contributed by atoms with Gasteiger partial charge in [0.15, 0.2) is 6.17 Å². The number of hydrogen-bond donors (Lipinski definition) is 0. The van der Waals surface area contributed by atoms with E-state index in [-0.39, 0.29) is 11.5 Å². The molecule has 0 fully saturated rings. The van der Waals surface area contributed by atoms with Gasteiger partial charge in [-0.1, -0.05) is 6.07 Å². The largest absolute Gasteiger partial charge is 0.371 e. The third-order valence-electron chi connectivity index (χ3n) is 1.74. The molecule has 0 N–H and O–H groups in total. The summed E-state index contributed by atoms with van der Waals surface area (Å²) in [7, 11) is 1.76. The Kier molecular flexibility index (Phi) is 2.16. The first-order valence-electron chi connectivity index (χ1n) is 3.82. The third kappa shape index (κ3) is 1.64. The van der Waals surface area contributed by atoms with E-state index < -0.39 is 0 Å². The number of halogens is 1. The van der Waals surface area contributed by atoms with E-state index >= 15 is 0 Å². The minimum absolute atomic E-state index is 0.151. The van der Waals surface area contributed by atoms with Crippen molar-refractivity contribution in [3.05, 3.63) is 30.1 Å². The van der Waals surface area contributed by atoms with Gasteiger partial charge in [-0.05, 0) is 23.7 Å². The lowest BCUT2D eigenvalue weighted by Gasteiger charge is -2.13. The molecule has 0 spiro atoms. The van der Waals surface area contributed by atoms with Gasteiger partial charge >= 0.3 is 5.36 Å². The van der Waals surface area contributed by atoms with Crippen LogP contribution in [-0.4, -0.2) is 22.5 Å². The molecule has 5 heteroatoms. The summed E-state index contributed by atoms with van der Waals surface area (Å²) in [6.07, 6.45) is 1.49. The molecule has 1 aliphatic rings. The van der Waals surface area contributed by atoms with Crippen LogP contribution in [-0.2, 0) is 4.84 Å². The fraction of sp³-hybridized carbons (Fsp3) is 0.250. The molecular weight excluding hydrogens is 190 g/mol. The summed E-state index contributed by atoms with van der Waals surface area (Å²) in [5.41, 5.74) is 0.820. The number of hydrogen-bond acceptors (Lipinski definition) is 4. The Morgan fingerprint density at radius 3 is 2.92 bits per heavy atom. The fourth-order valence-electron chi connectivity index (χ4n) is 1.15. The number of aliphatic imine (C=N–C) groups is 1. The van der Waals surface area contributed by atoms with Crippen molar-refractivity contribution in [2.75, 3.05) is 7.05 Å². The van der Waals surface area contributed by atoms with E-state index in [1.165, 1.54) is 0 Å². The smallest absolute Gasteiger partial charge is 0.305 e. The van der Waals surface area contributed by atoms with Gasteiger partial charge in [-0.15, -0.1) is 5.06 Å². The maximum Gasteiger partial charge on any atom is 0.305 e. The molecule has 0 saturated carbocycles. The Bertz CT molecular complexity index is 327. The molecule has 1 unspecified atom stereocenters. The van der Waals surface area contributed by atoms with E-state index in [0.717, 1.165) is 5.69 Å². The quantitative estimate of drug-likeness (QED) is 0.686. The van der Waals surface area contributed by atoms with Gasteiger partial charge < -0.3 is 4.84 Å². The zero-order valence-electron chi connectivity index (χ0n) is 7.01. The van der Waals surface area contributed by atoms with Crippen molar-refractivity contribution in [3.63, 3.8) is 0 Å². The molecule has 0 aromatic carbocycles. The Morgan fingerprint density at radius 2 is 2.38 bits per heavy atom. The zero-order valence-corrected chi connectivity index (χ0v) is 7.77. The summed E-state index contributed by atoms with van der Waals surface area (Å²) in [5.74, 6) is 0. The Balaban J connectivity index is 2.27. The molecule has 68 valence electrons. The first kappa shape index (κ1) is 8.47. The van der Waals surface area contributed by atoms with Crippen molar-refractivity contribution in [1.29, 1.82) is 0 Å². The standard InChI is InChI=1S/C8H8ClN3O/c1-12-7(11-8(9)13-12)6-4-2-3-5-10-6/h2-5,7H,1H3. The van der Waals surface area contributed by atoms with Crippen molar-refractivity contribution >= 4 is 17.0 Å². The molecule has 1 aromatic rings. The average Bonchev–Trinajstić information content (AvgIpc) is 2.47. The molecule has 0 saturated heterocycles. The summed E-state index contributed by atoms with van der Waals surface area (Å²) < 4.78 is 0. The molecule has 0 amide bonds. The van der Waals surface area contributed by atoms with E-state index in [0.29, 0.717) is 0 Å². The van der Waals surface area contributed by atoms with E-state index in [1.54, 1.807) is 18.3 Å². The van der Waals surface area contributed by atoms with Crippen LogP contribution in [0.15, 0.2) is 29.4 Å². The van der Waals surface area contributed by atoms with Crippen molar-refractivity contribution in [2.24, 2.45) is 4.99 Å². The first-order valence-corrected chi connectivity index (χ1v) is 4.20. The van der Waals surface area contributed by atoms with Gasteiger partial charge in [0.2, 0.25) is 0 Å². The second-order valence-electron chi connectivity index (χ2n) is 2.65. The van der Waals surface area contributed by atoms with E-state index in [4.69, 9.17) is 16.4 Å². The number of rotatable bonds is 1. The highest BCUT2D eigenvalue weighted by Crippen LogP contribution is 2.25. The van der Waals surface area contributed by atoms with Crippen LogP contribution in [0, 0.1) is 0 Å². The van der Waals surface area contributed by atoms with E-state index in [1.807, 2.05) is 18.2 Å². The molecule has 1 aliphatic heterocycles. The Hall–Kier alpha value is -1.13. The minimum atomic E-state index is -0.228. The van der Waals surface area contributed by atoms with Crippen molar-refractivity contribution < 1.29 is 4.84 Å². The van der Waals surface area contributed by atoms with Crippen LogP contribution < -0.4 is 0 Å². The number of aromatic nitrogens is 1. The van der Waals surface area contributed by atoms with Crippen molar-refractivity contribution in [2.45, 2.75) is 6.17 Å². The number of pyridine rings is 1. The maximum absolute atomic E-state index is 5.61. The molecule has 4 nitrogen and oxygen atoms in total. The third-order valence-corrected chi connectivity index (χ3v) is 1.91. The molecule has 0 radical (unpaired) electrons. The highest BCUT2D eigenvalue weighted by Gasteiger charge is 2.26. The van der Waals surface area contributed by atoms with Crippen molar-refractivity contribution in [3.8, 4) is 0 Å². The second kappa shape index (κ2) is 3.32. The summed E-state index contributed by atoms with van der Waals surface area (Å²) in [4.78, 5) is 13.3. The molecule has 2 heterocycles. The van der Waals surface area contributed by atoms with Crippen molar-refractivity contribution in [1.82, 2.24) is 10.0 Å². The highest BCUT2D eigenvalue weighted by atomic mass is 35.5. The number of hydroxylamine groups is 2. The van der Waals surface area contributed by atoms with Crippen LogP contribution in [0.3, 0.4) is 0 Å². The molecule has 0 bridgehead atoms. The van der Waals surface area contributed by atoms with E-state index in [2.05, 4.69) is 9.98 Å². The molecular formula is C8H8ClN3O.